The highest BCUT2D eigenvalue weighted by atomic mass is 16.5. The quantitative estimate of drug-likeness (QED) is 0.852. The molecule has 0 atom stereocenters. The maximum atomic E-state index is 12.6. The summed E-state index contributed by atoms with van der Waals surface area (Å²) in [6.07, 6.45) is 4.58. The molecule has 4 nitrogen and oxygen atoms in total. The standard InChI is InChI=1S/C15H22N2O2/c1-2-19-14-8-7-12(16)11-13(14)15(18)17-9-5-3-4-6-10-17/h7-8,11H,2-6,9-10,16H2,1H3. The van der Waals surface area contributed by atoms with Gasteiger partial charge in [-0.1, -0.05) is 12.8 Å². The summed E-state index contributed by atoms with van der Waals surface area (Å²) in [4.78, 5) is 14.5. The SMILES string of the molecule is CCOc1ccc(N)cc1C(=O)N1CCCCCC1. The molecule has 1 saturated heterocycles. The summed E-state index contributed by atoms with van der Waals surface area (Å²) in [6.45, 7) is 4.12. The Labute approximate surface area is 114 Å². The first-order chi connectivity index (χ1) is 9.22. The molecule has 2 N–H and O–H groups in total. The highest BCUT2D eigenvalue weighted by molar-refractivity contribution is 5.97. The van der Waals surface area contributed by atoms with Crippen molar-refractivity contribution in [2.75, 3.05) is 25.4 Å². The summed E-state index contributed by atoms with van der Waals surface area (Å²) in [7, 11) is 0. The minimum absolute atomic E-state index is 0.0395. The molecule has 0 unspecified atom stereocenters. The second-order valence-corrected chi connectivity index (χ2v) is 4.90. The number of nitrogen functional groups attached to an aromatic ring is 1. The molecule has 1 aromatic carbocycles. The van der Waals surface area contributed by atoms with Crippen molar-refractivity contribution >= 4 is 11.6 Å². The van der Waals surface area contributed by atoms with E-state index < -0.39 is 0 Å². The van der Waals surface area contributed by atoms with E-state index in [0.717, 1.165) is 25.9 Å². The van der Waals surface area contributed by atoms with Gasteiger partial charge in [-0.3, -0.25) is 4.79 Å². The van der Waals surface area contributed by atoms with Crippen LogP contribution < -0.4 is 10.5 Å². The van der Waals surface area contributed by atoms with Crippen LogP contribution in [-0.4, -0.2) is 30.5 Å². The van der Waals surface area contributed by atoms with E-state index >= 15 is 0 Å². The molecule has 104 valence electrons. The first-order valence-electron chi connectivity index (χ1n) is 7.04. The Kier molecular flexibility index (Phi) is 4.66. The van der Waals surface area contributed by atoms with E-state index in [4.69, 9.17) is 10.5 Å². The molecule has 1 amide bonds. The summed E-state index contributed by atoms with van der Waals surface area (Å²) >= 11 is 0. The number of rotatable bonds is 3. The Bertz CT molecular complexity index is 438. The molecule has 0 aliphatic carbocycles. The molecule has 1 aromatic rings. The van der Waals surface area contributed by atoms with E-state index in [2.05, 4.69) is 0 Å². The number of amides is 1. The lowest BCUT2D eigenvalue weighted by molar-refractivity contribution is 0.0757. The average molecular weight is 262 g/mol. The van der Waals surface area contributed by atoms with Crippen LogP contribution in [0.4, 0.5) is 5.69 Å². The highest BCUT2D eigenvalue weighted by Gasteiger charge is 2.20. The largest absolute Gasteiger partial charge is 0.493 e. The zero-order chi connectivity index (χ0) is 13.7. The topological polar surface area (TPSA) is 55.6 Å². The molecule has 0 radical (unpaired) electrons. The molecule has 19 heavy (non-hydrogen) atoms. The molecule has 0 saturated carbocycles. The number of carbonyl (C=O) groups is 1. The molecule has 1 fully saturated rings. The highest BCUT2D eigenvalue weighted by Crippen LogP contribution is 2.24. The van der Waals surface area contributed by atoms with Crippen molar-refractivity contribution in [1.29, 1.82) is 0 Å². The summed E-state index contributed by atoms with van der Waals surface area (Å²) in [5.41, 5.74) is 6.98. The number of hydrogen-bond donors (Lipinski definition) is 1. The minimum Gasteiger partial charge on any atom is -0.493 e. The molecule has 4 heteroatoms. The van der Waals surface area contributed by atoms with Crippen molar-refractivity contribution in [3.05, 3.63) is 23.8 Å². The van der Waals surface area contributed by atoms with Gasteiger partial charge in [0.1, 0.15) is 5.75 Å². The van der Waals surface area contributed by atoms with E-state index in [9.17, 15) is 4.79 Å². The number of benzene rings is 1. The van der Waals surface area contributed by atoms with Crippen LogP contribution in [0.3, 0.4) is 0 Å². The van der Waals surface area contributed by atoms with Gasteiger partial charge in [0.2, 0.25) is 0 Å². The number of anilines is 1. The number of likely N-dealkylation sites (tertiary alicyclic amines) is 1. The fourth-order valence-corrected chi connectivity index (χ4v) is 2.44. The molecule has 2 rings (SSSR count). The summed E-state index contributed by atoms with van der Waals surface area (Å²) in [5, 5.41) is 0. The molecule has 1 heterocycles. The fraction of sp³-hybridized carbons (Fsp3) is 0.533. The summed E-state index contributed by atoms with van der Waals surface area (Å²) in [6, 6.07) is 5.27. The Balaban J connectivity index is 2.23. The van der Waals surface area contributed by atoms with Gasteiger partial charge in [-0.05, 0) is 38.0 Å². The van der Waals surface area contributed by atoms with Crippen molar-refractivity contribution in [1.82, 2.24) is 4.90 Å². The van der Waals surface area contributed by atoms with Gasteiger partial charge in [0.25, 0.3) is 5.91 Å². The van der Waals surface area contributed by atoms with E-state index in [1.807, 2.05) is 11.8 Å². The monoisotopic (exact) mass is 262 g/mol. The van der Waals surface area contributed by atoms with Gasteiger partial charge in [0.05, 0.1) is 12.2 Å². The smallest absolute Gasteiger partial charge is 0.257 e. The van der Waals surface area contributed by atoms with Crippen LogP contribution in [0.2, 0.25) is 0 Å². The van der Waals surface area contributed by atoms with Crippen LogP contribution in [0.1, 0.15) is 43.0 Å². The fourth-order valence-electron chi connectivity index (χ4n) is 2.44. The van der Waals surface area contributed by atoms with Gasteiger partial charge in [-0.25, -0.2) is 0 Å². The van der Waals surface area contributed by atoms with Crippen LogP contribution in [0.5, 0.6) is 5.75 Å². The van der Waals surface area contributed by atoms with E-state index in [0.29, 0.717) is 23.6 Å². The number of carbonyl (C=O) groups excluding carboxylic acids is 1. The van der Waals surface area contributed by atoms with E-state index in [1.54, 1.807) is 18.2 Å². The zero-order valence-electron chi connectivity index (χ0n) is 11.5. The molecular formula is C15H22N2O2. The van der Waals surface area contributed by atoms with Gasteiger partial charge in [0.15, 0.2) is 0 Å². The molecule has 0 aromatic heterocycles. The summed E-state index contributed by atoms with van der Waals surface area (Å²) in [5.74, 6) is 0.670. The van der Waals surface area contributed by atoms with Crippen molar-refractivity contribution in [2.45, 2.75) is 32.6 Å². The number of nitrogens with two attached hydrogens (primary N) is 1. The van der Waals surface area contributed by atoms with Crippen molar-refractivity contribution in [2.24, 2.45) is 0 Å². The third-order valence-electron chi connectivity index (χ3n) is 3.43. The Morgan fingerprint density at radius 1 is 1.26 bits per heavy atom. The number of ether oxygens (including phenoxy) is 1. The minimum atomic E-state index is 0.0395. The molecule has 1 aliphatic rings. The van der Waals surface area contributed by atoms with Crippen molar-refractivity contribution < 1.29 is 9.53 Å². The predicted molar refractivity (Wildman–Crippen MR) is 76.4 cm³/mol. The third kappa shape index (κ3) is 3.40. The lowest BCUT2D eigenvalue weighted by Crippen LogP contribution is -2.32. The van der Waals surface area contributed by atoms with E-state index in [1.165, 1.54) is 12.8 Å². The predicted octanol–water partition coefficient (Wildman–Crippen LogP) is 2.68. The first kappa shape index (κ1) is 13.7. The third-order valence-corrected chi connectivity index (χ3v) is 3.43. The van der Waals surface area contributed by atoms with Gasteiger partial charge < -0.3 is 15.4 Å². The molecule has 0 bridgehead atoms. The second-order valence-electron chi connectivity index (χ2n) is 4.90. The lowest BCUT2D eigenvalue weighted by Gasteiger charge is -2.22. The second kappa shape index (κ2) is 6.45. The van der Waals surface area contributed by atoms with Gasteiger partial charge in [0, 0.05) is 18.8 Å². The van der Waals surface area contributed by atoms with Gasteiger partial charge in [-0.15, -0.1) is 0 Å². The maximum Gasteiger partial charge on any atom is 0.257 e. The average Bonchev–Trinajstić information content (AvgIpc) is 2.69. The maximum absolute atomic E-state index is 12.6. The lowest BCUT2D eigenvalue weighted by atomic mass is 10.1. The van der Waals surface area contributed by atoms with Crippen LogP contribution in [0, 0.1) is 0 Å². The molecule has 1 aliphatic heterocycles. The van der Waals surface area contributed by atoms with Crippen molar-refractivity contribution in [3.8, 4) is 5.75 Å². The Morgan fingerprint density at radius 3 is 2.58 bits per heavy atom. The van der Waals surface area contributed by atoms with Crippen molar-refractivity contribution in [3.63, 3.8) is 0 Å². The normalized spacial score (nSPS) is 15.9. The number of hydrogen-bond acceptors (Lipinski definition) is 3. The first-order valence-corrected chi connectivity index (χ1v) is 7.04. The Hall–Kier alpha value is -1.71. The van der Waals surface area contributed by atoms with Gasteiger partial charge >= 0.3 is 0 Å². The van der Waals surface area contributed by atoms with Crippen LogP contribution >= 0.6 is 0 Å². The zero-order valence-corrected chi connectivity index (χ0v) is 11.5. The Morgan fingerprint density at radius 2 is 1.95 bits per heavy atom. The van der Waals surface area contributed by atoms with E-state index in [-0.39, 0.29) is 5.91 Å². The van der Waals surface area contributed by atoms with Crippen LogP contribution in [0.15, 0.2) is 18.2 Å². The van der Waals surface area contributed by atoms with Gasteiger partial charge in [-0.2, -0.15) is 0 Å². The summed E-state index contributed by atoms with van der Waals surface area (Å²) < 4.78 is 5.53. The number of nitrogens with zero attached hydrogens (tertiary/aromatic N) is 1. The molecular weight excluding hydrogens is 240 g/mol. The van der Waals surface area contributed by atoms with Crippen LogP contribution in [-0.2, 0) is 0 Å². The molecule has 0 spiro atoms. The van der Waals surface area contributed by atoms with Crippen LogP contribution in [0.25, 0.3) is 0 Å².